The van der Waals surface area contributed by atoms with Crippen LogP contribution in [0.15, 0.2) is 30.3 Å². The average molecular weight is 370 g/mol. The number of ether oxygens (including phenoxy) is 2. The highest BCUT2D eigenvalue weighted by molar-refractivity contribution is 6.31. The van der Waals surface area contributed by atoms with Gasteiger partial charge in [0.1, 0.15) is 22.9 Å². The maximum Gasteiger partial charge on any atom is 0.344 e. The number of carbonyl (C=O) groups excluding carboxylic acids is 2. The van der Waals surface area contributed by atoms with E-state index in [0.29, 0.717) is 22.0 Å². The van der Waals surface area contributed by atoms with Crippen LogP contribution in [0.5, 0.6) is 5.75 Å². The van der Waals surface area contributed by atoms with Gasteiger partial charge in [-0.25, -0.2) is 13.6 Å². The van der Waals surface area contributed by atoms with Crippen LogP contribution in [0, 0.1) is 18.6 Å². The quantitative estimate of drug-likeness (QED) is 0.816. The summed E-state index contributed by atoms with van der Waals surface area (Å²) in [5.74, 6) is -3.80. The van der Waals surface area contributed by atoms with Crippen molar-refractivity contribution >= 4 is 29.2 Å². The smallest absolute Gasteiger partial charge is 0.344 e. The summed E-state index contributed by atoms with van der Waals surface area (Å²) in [6.07, 6.45) is 0. The molecule has 0 aliphatic carbocycles. The molecule has 5 nitrogen and oxygen atoms in total. The van der Waals surface area contributed by atoms with Gasteiger partial charge in [-0.05, 0) is 30.7 Å². The Labute approximate surface area is 147 Å². The van der Waals surface area contributed by atoms with Crippen molar-refractivity contribution in [3.8, 4) is 5.75 Å². The van der Waals surface area contributed by atoms with E-state index in [1.54, 1.807) is 13.0 Å². The lowest BCUT2D eigenvalue weighted by atomic mass is 10.2. The van der Waals surface area contributed by atoms with E-state index in [0.717, 1.165) is 18.2 Å². The zero-order valence-corrected chi connectivity index (χ0v) is 14.1. The molecule has 2 aromatic carbocycles. The van der Waals surface area contributed by atoms with Crippen LogP contribution < -0.4 is 10.1 Å². The van der Waals surface area contributed by atoms with Crippen molar-refractivity contribution < 1.29 is 27.8 Å². The van der Waals surface area contributed by atoms with Crippen LogP contribution in [0.2, 0.25) is 5.02 Å². The first-order valence-electron chi connectivity index (χ1n) is 7.08. The SMILES string of the molecule is COc1cc(Cl)c(C)cc1NC(=O)COC(=O)c1c(F)cccc1F. The monoisotopic (exact) mass is 369 g/mol. The summed E-state index contributed by atoms with van der Waals surface area (Å²) >= 11 is 5.97. The van der Waals surface area contributed by atoms with Gasteiger partial charge in [-0.1, -0.05) is 17.7 Å². The van der Waals surface area contributed by atoms with Crippen LogP contribution in [0.25, 0.3) is 0 Å². The highest BCUT2D eigenvalue weighted by atomic mass is 35.5. The molecule has 0 fully saturated rings. The molecule has 0 radical (unpaired) electrons. The normalized spacial score (nSPS) is 10.3. The predicted molar refractivity (Wildman–Crippen MR) is 88.0 cm³/mol. The molecule has 0 unspecified atom stereocenters. The van der Waals surface area contributed by atoms with Gasteiger partial charge in [-0.15, -0.1) is 0 Å². The van der Waals surface area contributed by atoms with Gasteiger partial charge in [-0.2, -0.15) is 0 Å². The van der Waals surface area contributed by atoms with Crippen molar-refractivity contribution in [2.75, 3.05) is 19.0 Å². The van der Waals surface area contributed by atoms with E-state index < -0.39 is 35.7 Å². The van der Waals surface area contributed by atoms with Gasteiger partial charge in [0.05, 0.1) is 12.8 Å². The Morgan fingerprint density at radius 1 is 1.20 bits per heavy atom. The van der Waals surface area contributed by atoms with E-state index in [9.17, 15) is 18.4 Å². The topological polar surface area (TPSA) is 64.6 Å². The Bertz CT molecular complexity index is 806. The number of halogens is 3. The molecule has 0 aromatic heterocycles. The van der Waals surface area contributed by atoms with E-state index in [1.165, 1.54) is 13.2 Å². The molecule has 2 aromatic rings. The molecular weight excluding hydrogens is 356 g/mol. The second kappa shape index (κ2) is 7.94. The van der Waals surface area contributed by atoms with Crippen molar-refractivity contribution in [2.45, 2.75) is 6.92 Å². The van der Waals surface area contributed by atoms with E-state index in [4.69, 9.17) is 16.3 Å². The second-order valence-electron chi connectivity index (χ2n) is 5.02. The summed E-state index contributed by atoms with van der Waals surface area (Å²) in [6.45, 7) is 1.01. The molecule has 25 heavy (non-hydrogen) atoms. The molecule has 0 saturated carbocycles. The largest absolute Gasteiger partial charge is 0.495 e. The third-order valence-electron chi connectivity index (χ3n) is 3.26. The molecule has 0 aliphatic heterocycles. The van der Waals surface area contributed by atoms with Crippen molar-refractivity contribution in [3.63, 3.8) is 0 Å². The highest BCUT2D eigenvalue weighted by Gasteiger charge is 2.20. The Kier molecular flexibility index (Phi) is 5.93. The summed E-state index contributed by atoms with van der Waals surface area (Å²) in [6, 6.07) is 6.05. The molecule has 2 rings (SSSR count). The number of rotatable bonds is 5. The van der Waals surface area contributed by atoms with Crippen LogP contribution in [0.1, 0.15) is 15.9 Å². The molecule has 0 spiro atoms. The lowest BCUT2D eigenvalue weighted by Crippen LogP contribution is -2.22. The number of anilines is 1. The third kappa shape index (κ3) is 4.45. The number of methoxy groups -OCH3 is 1. The van der Waals surface area contributed by atoms with Gasteiger partial charge in [0.25, 0.3) is 5.91 Å². The first-order valence-corrected chi connectivity index (χ1v) is 7.46. The first-order chi connectivity index (χ1) is 11.8. The van der Waals surface area contributed by atoms with Gasteiger partial charge in [0.15, 0.2) is 6.61 Å². The van der Waals surface area contributed by atoms with E-state index in [1.807, 2.05) is 0 Å². The van der Waals surface area contributed by atoms with Crippen molar-refractivity contribution in [1.29, 1.82) is 0 Å². The molecule has 0 heterocycles. The fourth-order valence-electron chi connectivity index (χ4n) is 2.01. The molecule has 132 valence electrons. The fourth-order valence-corrected chi connectivity index (χ4v) is 2.17. The average Bonchev–Trinajstić information content (AvgIpc) is 2.56. The zero-order valence-electron chi connectivity index (χ0n) is 13.4. The number of nitrogens with one attached hydrogen (secondary N) is 1. The van der Waals surface area contributed by atoms with Gasteiger partial charge in [-0.3, -0.25) is 4.79 Å². The lowest BCUT2D eigenvalue weighted by Gasteiger charge is -2.12. The number of aryl methyl sites for hydroxylation is 1. The number of carbonyl (C=O) groups is 2. The van der Waals surface area contributed by atoms with Gasteiger partial charge >= 0.3 is 5.97 Å². The Morgan fingerprint density at radius 2 is 1.84 bits per heavy atom. The fraction of sp³-hybridized carbons (Fsp3) is 0.176. The van der Waals surface area contributed by atoms with E-state index in [2.05, 4.69) is 10.1 Å². The van der Waals surface area contributed by atoms with E-state index >= 15 is 0 Å². The minimum atomic E-state index is -1.27. The number of esters is 1. The Morgan fingerprint density at radius 3 is 2.44 bits per heavy atom. The molecule has 8 heteroatoms. The first kappa shape index (κ1) is 18.7. The Hall–Kier alpha value is -2.67. The number of amides is 1. The van der Waals surface area contributed by atoms with Gasteiger partial charge in [0, 0.05) is 11.1 Å². The zero-order chi connectivity index (χ0) is 18.6. The summed E-state index contributed by atoms with van der Waals surface area (Å²) in [4.78, 5) is 23.7. The molecule has 0 atom stereocenters. The van der Waals surface area contributed by atoms with Crippen molar-refractivity contribution in [3.05, 3.63) is 58.1 Å². The molecule has 0 bridgehead atoms. The molecule has 0 saturated heterocycles. The van der Waals surface area contributed by atoms with Crippen LogP contribution in [-0.2, 0) is 9.53 Å². The van der Waals surface area contributed by atoms with Crippen LogP contribution >= 0.6 is 11.6 Å². The standard InChI is InChI=1S/C17H14ClF2NO4/c1-9-6-13(14(24-2)7-10(9)18)21-15(22)8-25-17(23)16-11(19)4-3-5-12(16)20/h3-7H,8H2,1-2H3,(H,21,22). The van der Waals surface area contributed by atoms with Gasteiger partial charge < -0.3 is 14.8 Å². The van der Waals surface area contributed by atoms with E-state index in [-0.39, 0.29) is 0 Å². The van der Waals surface area contributed by atoms with Crippen molar-refractivity contribution in [1.82, 2.24) is 0 Å². The summed E-state index contributed by atoms with van der Waals surface area (Å²) in [7, 11) is 1.40. The maximum absolute atomic E-state index is 13.5. The number of hydrogen-bond acceptors (Lipinski definition) is 4. The third-order valence-corrected chi connectivity index (χ3v) is 3.66. The van der Waals surface area contributed by atoms with Crippen LogP contribution in [0.3, 0.4) is 0 Å². The Balaban J connectivity index is 2.04. The molecule has 1 amide bonds. The molecule has 0 aliphatic rings. The lowest BCUT2D eigenvalue weighted by molar-refractivity contribution is -0.119. The summed E-state index contributed by atoms with van der Waals surface area (Å²) in [5, 5.41) is 2.93. The molecular formula is C17H14ClF2NO4. The predicted octanol–water partition coefficient (Wildman–Crippen LogP) is 3.73. The second-order valence-corrected chi connectivity index (χ2v) is 5.43. The van der Waals surface area contributed by atoms with Gasteiger partial charge in [0.2, 0.25) is 0 Å². The number of benzene rings is 2. The minimum absolute atomic E-state index is 0.315. The maximum atomic E-state index is 13.5. The number of hydrogen-bond donors (Lipinski definition) is 1. The van der Waals surface area contributed by atoms with Crippen molar-refractivity contribution in [2.24, 2.45) is 0 Å². The summed E-state index contributed by atoms with van der Waals surface area (Å²) < 4.78 is 36.7. The molecule has 1 N–H and O–H groups in total. The summed E-state index contributed by atoms with van der Waals surface area (Å²) in [5.41, 5.74) is 0.168. The highest BCUT2D eigenvalue weighted by Crippen LogP contribution is 2.30. The van der Waals surface area contributed by atoms with Crippen LogP contribution in [0.4, 0.5) is 14.5 Å². The minimum Gasteiger partial charge on any atom is -0.495 e. The van der Waals surface area contributed by atoms with Crippen LogP contribution in [-0.4, -0.2) is 25.6 Å².